The van der Waals surface area contributed by atoms with Crippen molar-refractivity contribution in [2.45, 2.75) is 13.5 Å². The van der Waals surface area contributed by atoms with Crippen molar-refractivity contribution in [2.24, 2.45) is 0 Å². The van der Waals surface area contributed by atoms with Gasteiger partial charge < -0.3 is 27.0 Å². The molecule has 0 unspecified atom stereocenters. The largest absolute Gasteiger partial charge is 1.00 e. The van der Waals surface area contributed by atoms with Crippen LogP contribution in [0.15, 0.2) is 41.1 Å². The zero-order valence-corrected chi connectivity index (χ0v) is 13.3. The molecule has 1 aliphatic rings. The monoisotopic (exact) mass is 321 g/mol. The number of piperazine rings is 1. The highest BCUT2D eigenvalue weighted by Gasteiger charge is 2.21. The van der Waals surface area contributed by atoms with Crippen LogP contribution in [0.3, 0.4) is 0 Å². The number of furan rings is 1. The van der Waals surface area contributed by atoms with E-state index in [9.17, 15) is 4.79 Å². The topological polar surface area (TPSA) is 49.4 Å². The number of pyridine rings is 1. The zero-order chi connectivity index (χ0) is 14.7. The van der Waals surface area contributed by atoms with Crippen molar-refractivity contribution in [3.63, 3.8) is 0 Å². The molecule has 6 heteroatoms. The fourth-order valence-corrected chi connectivity index (χ4v) is 2.42. The van der Waals surface area contributed by atoms with Gasteiger partial charge in [-0.05, 0) is 24.6 Å². The molecule has 0 aromatic carbocycles. The lowest BCUT2D eigenvalue weighted by molar-refractivity contribution is -0.690. The molecule has 3 heterocycles. The third kappa shape index (κ3) is 3.87. The highest BCUT2D eigenvalue weighted by Crippen LogP contribution is 2.11. The number of rotatable bonds is 3. The van der Waals surface area contributed by atoms with Gasteiger partial charge in [-0.15, -0.1) is 0 Å². The zero-order valence-electron chi connectivity index (χ0n) is 12.6. The number of nitrogens with one attached hydrogen (secondary N) is 1. The molecule has 1 fully saturated rings. The highest BCUT2D eigenvalue weighted by atomic mass is 35.5. The number of carbonyl (C=O) groups excluding carboxylic acids is 1. The molecule has 3 rings (SSSR count). The van der Waals surface area contributed by atoms with Crippen molar-refractivity contribution in [2.75, 3.05) is 26.2 Å². The Kier molecular flexibility index (Phi) is 5.57. The van der Waals surface area contributed by atoms with Gasteiger partial charge in [-0.1, -0.05) is 0 Å². The van der Waals surface area contributed by atoms with Crippen LogP contribution >= 0.6 is 0 Å². The Morgan fingerprint density at radius 3 is 2.59 bits per heavy atom. The predicted octanol–water partition coefficient (Wildman–Crippen LogP) is -2.03. The normalized spacial score (nSPS) is 14.5. The van der Waals surface area contributed by atoms with Crippen LogP contribution in [-0.4, -0.2) is 37.0 Å². The SMILES string of the molecule is Cc1cc[n+](Cc2ccc(C(=O)N3CCNCC3)o2)cc1.[Cl-]. The Labute approximate surface area is 136 Å². The minimum Gasteiger partial charge on any atom is -1.00 e. The molecule has 0 radical (unpaired) electrons. The minimum atomic E-state index is -0.0170. The van der Waals surface area contributed by atoms with Crippen LogP contribution in [0.1, 0.15) is 21.9 Å². The van der Waals surface area contributed by atoms with Crippen molar-refractivity contribution >= 4 is 5.91 Å². The maximum Gasteiger partial charge on any atom is 0.289 e. The van der Waals surface area contributed by atoms with E-state index in [1.807, 2.05) is 27.9 Å². The van der Waals surface area contributed by atoms with Crippen molar-refractivity contribution in [1.82, 2.24) is 10.2 Å². The number of amides is 1. The Bertz CT molecular complexity index is 619. The number of aromatic nitrogens is 1. The molecule has 1 amide bonds. The van der Waals surface area contributed by atoms with Gasteiger partial charge in [-0.25, -0.2) is 0 Å². The quantitative estimate of drug-likeness (QED) is 0.664. The fourth-order valence-electron chi connectivity index (χ4n) is 2.42. The van der Waals surface area contributed by atoms with E-state index in [1.165, 1.54) is 5.56 Å². The van der Waals surface area contributed by atoms with E-state index in [0.717, 1.165) is 31.9 Å². The van der Waals surface area contributed by atoms with Crippen molar-refractivity contribution in [1.29, 1.82) is 0 Å². The molecule has 1 N–H and O–H groups in total. The average Bonchev–Trinajstić information content (AvgIpc) is 2.98. The lowest BCUT2D eigenvalue weighted by Crippen LogP contribution is -3.00. The molecule has 22 heavy (non-hydrogen) atoms. The lowest BCUT2D eigenvalue weighted by atomic mass is 10.3. The molecule has 2 aromatic heterocycles. The van der Waals surface area contributed by atoms with E-state index in [-0.39, 0.29) is 18.3 Å². The van der Waals surface area contributed by atoms with Gasteiger partial charge >= 0.3 is 0 Å². The number of carbonyl (C=O) groups is 1. The third-order valence-corrected chi connectivity index (χ3v) is 3.67. The number of nitrogens with zero attached hydrogens (tertiary/aromatic N) is 2. The second-order valence-electron chi connectivity index (χ2n) is 5.36. The van der Waals surface area contributed by atoms with Crippen molar-refractivity contribution in [3.05, 3.63) is 53.7 Å². The lowest BCUT2D eigenvalue weighted by Gasteiger charge is -2.26. The summed E-state index contributed by atoms with van der Waals surface area (Å²) < 4.78 is 7.73. The summed E-state index contributed by atoms with van der Waals surface area (Å²) in [4.78, 5) is 14.1. The molecule has 5 nitrogen and oxygen atoms in total. The standard InChI is InChI=1S/C16H20N3O2.ClH/c1-13-4-8-18(9-5-13)12-14-2-3-15(21-14)16(20)19-10-6-17-7-11-19;/h2-5,8-9,17H,6-7,10-12H2,1H3;1H/q+1;/p-1. The number of aryl methyl sites for hydroxylation is 1. The second-order valence-corrected chi connectivity index (χ2v) is 5.36. The van der Waals surface area contributed by atoms with Gasteiger partial charge in [0.1, 0.15) is 0 Å². The van der Waals surface area contributed by atoms with Crippen LogP contribution < -0.4 is 22.3 Å². The maximum absolute atomic E-state index is 12.3. The molecular weight excluding hydrogens is 302 g/mol. The first-order chi connectivity index (χ1) is 10.2. The summed E-state index contributed by atoms with van der Waals surface area (Å²) >= 11 is 0. The highest BCUT2D eigenvalue weighted by molar-refractivity contribution is 5.91. The first kappa shape index (κ1) is 16.5. The van der Waals surface area contributed by atoms with Gasteiger partial charge in [0.25, 0.3) is 5.91 Å². The number of halogens is 1. The molecular formula is C16H20ClN3O2. The van der Waals surface area contributed by atoms with Gasteiger partial charge in [-0.3, -0.25) is 4.79 Å². The molecule has 1 aliphatic heterocycles. The first-order valence-electron chi connectivity index (χ1n) is 7.27. The summed E-state index contributed by atoms with van der Waals surface area (Å²) in [7, 11) is 0. The maximum atomic E-state index is 12.3. The van der Waals surface area contributed by atoms with Crippen LogP contribution in [0, 0.1) is 6.92 Å². The molecule has 0 spiro atoms. The molecule has 0 atom stereocenters. The van der Waals surface area contributed by atoms with Crippen molar-refractivity contribution < 1.29 is 26.2 Å². The van der Waals surface area contributed by atoms with E-state index < -0.39 is 0 Å². The van der Waals surface area contributed by atoms with E-state index in [4.69, 9.17) is 4.42 Å². The summed E-state index contributed by atoms with van der Waals surface area (Å²) in [6.45, 7) is 5.86. The van der Waals surface area contributed by atoms with E-state index in [0.29, 0.717) is 12.3 Å². The molecule has 0 bridgehead atoms. The van der Waals surface area contributed by atoms with Crippen LogP contribution in [-0.2, 0) is 6.54 Å². The first-order valence-corrected chi connectivity index (χ1v) is 7.27. The van der Waals surface area contributed by atoms with Crippen LogP contribution in [0.5, 0.6) is 0 Å². The Morgan fingerprint density at radius 2 is 1.91 bits per heavy atom. The van der Waals surface area contributed by atoms with Crippen LogP contribution in [0.25, 0.3) is 0 Å². The summed E-state index contributed by atoms with van der Waals surface area (Å²) in [5.41, 5.74) is 1.22. The van der Waals surface area contributed by atoms with E-state index in [2.05, 4.69) is 24.4 Å². The Hall–Kier alpha value is -1.85. The average molecular weight is 322 g/mol. The molecule has 0 aliphatic carbocycles. The van der Waals surface area contributed by atoms with Gasteiger partial charge in [0.15, 0.2) is 23.9 Å². The van der Waals surface area contributed by atoms with Gasteiger partial charge in [-0.2, -0.15) is 4.57 Å². The second kappa shape index (κ2) is 7.42. The van der Waals surface area contributed by atoms with Gasteiger partial charge in [0.2, 0.25) is 6.54 Å². The molecule has 118 valence electrons. The summed E-state index contributed by atoms with van der Waals surface area (Å²) in [5.74, 6) is 1.21. The Balaban J connectivity index is 0.00000176. The van der Waals surface area contributed by atoms with Gasteiger partial charge in [0.05, 0.1) is 0 Å². The summed E-state index contributed by atoms with van der Waals surface area (Å²) in [5, 5.41) is 3.24. The molecule has 0 saturated carbocycles. The van der Waals surface area contributed by atoms with E-state index in [1.54, 1.807) is 6.07 Å². The predicted molar refractivity (Wildman–Crippen MR) is 78.0 cm³/mol. The Morgan fingerprint density at radius 1 is 1.23 bits per heavy atom. The smallest absolute Gasteiger partial charge is 0.289 e. The summed E-state index contributed by atoms with van der Waals surface area (Å²) in [6.07, 6.45) is 4.02. The van der Waals surface area contributed by atoms with Crippen LogP contribution in [0.4, 0.5) is 0 Å². The fraction of sp³-hybridized carbons (Fsp3) is 0.375. The van der Waals surface area contributed by atoms with E-state index >= 15 is 0 Å². The summed E-state index contributed by atoms with van der Waals surface area (Å²) in [6, 6.07) is 7.75. The molecule has 1 saturated heterocycles. The van der Waals surface area contributed by atoms with Gasteiger partial charge in [0, 0.05) is 38.3 Å². The van der Waals surface area contributed by atoms with Crippen molar-refractivity contribution in [3.8, 4) is 0 Å². The van der Waals surface area contributed by atoms with Crippen LogP contribution in [0.2, 0.25) is 0 Å². The minimum absolute atomic E-state index is 0. The molecule has 2 aromatic rings. The third-order valence-electron chi connectivity index (χ3n) is 3.67. The number of hydrogen-bond acceptors (Lipinski definition) is 3. The number of hydrogen-bond donors (Lipinski definition) is 1.